The van der Waals surface area contributed by atoms with Gasteiger partial charge in [0.05, 0.1) is 6.10 Å². The SMILES string of the molecule is CC.CC1C[C@]2(C)CCC2CC1O. The van der Waals surface area contributed by atoms with Crippen molar-refractivity contribution < 1.29 is 5.11 Å². The van der Waals surface area contributed by atoms with Crippen LogP contribution in [0.4, 0.5) is 0 Å². The van der Waals surface area contributed by atoms with Crippen LogP contribution in [0.25, 0.3) is 0 Å². The second-order valence-electron chi connectivity index (χ2n) is 4.87. The lowest BCUT2D eigenvalue weighted by Crippen LogP contribution is -2.47. The summed E-state index contributed by atoms with van der Waals surface area (Å²) in [6.07, 6.45) is 5.07. The van der Waals surface area contributed by atoms with Crippen LogP contribution in [0.15, 0.2) is 0 Å². The summed E-state index contributed by atoms with van der Waals surface area (Å²) in [5, 5.41) is 9.61. The van der Waals surface area contributed by atoms with Gasteiger partial charge in [0, 0.05) is 0 Å². The first-order valence-electron chi connectivity index (χ1n) is 5.80. The summed E-state index contributed by atoms with van der Waals surface area (Å²) in [4.78, 5) is 0. The van der Waals surface area contributed by atoms with Gasteiger partial charge in [0.1, 0.15) is 0 Å². The van der Waals surface area contributed by atoms with Crippen LogP contribution in [0, 0.1) is 17.3 Å². The van der Waals surface area contributed by atoms with Gasteiger partial charge in [-0.1, -0.05) is 27.7 Å². The van der Waals surface area contributed by atoms with Crippen LogP contribution in [0.5, 0.6) is 0 Å². The van der Waals surface area contributed by atoms with Crippen molar-refractivity contribution in [2.75, 3.05) is 0 Å². The molecule has 78 valence electrons. The molecule has 0 amide bonds. The number of hydrogen-bond donors (Lipinski definition) is 1. The number of hydrogen-bond acceptors (Lipinski definition) is 1. The molecule has 2 aliphatic rings. The van der Waals surface area contributed by atoms with E-state index in [1.54, 1.807) is 0 Å². The van der Waals surface area contributed by atoms with Gasteiger partial charge >= 0.3 is 0 Å². The van der Waals surface area contributed by atoms with E-state index < -0.39 is 0 Å². The summed E-state index contributed by atoms with van der Waals surface area (Å²) in [5.74, 6) is 1.38. The van der Waals surface area contributed by atoms with Gasteiger partial charge in [0.15, 0.2) is 0 Å². The molecule has 0 aromatic carbocycles. The van der Waals surface area contributed by atoms with E-state index in [-0.39, 0.29) is 6.10 Å². The number of aliphatic hydroxyl groups is 1. The van der Waals surface area contributed by atoms with Crippen molar-refractivity contribution in [3.05, 3.63) is 0 Å². The minimum atomic E-state index is -0.00613. The maximum Gasteiger partial charge on any atom is 0.0568 e. The van der Waals surface area contributed by atoms with E-state index in [0.29, 0.717) is 11.3 Å². The Bertz CT molecular complexity index is 167. The molecule has 4 atom stereocenters. The van der Waals surface area contributed by atoms with Crippen LogP contribution >= 0.6 is 0 Å². The summed E-state index contributed by atoms with van der Waals surface area (Å²) in [5.41, 5.74) is 0.610. The molecule has 0 radical (unpaired) electrons. The fraction of sp³-hybridized carbons (Fsp3) is 1.00. The molecule has 2 fully saturated rings. The summed E-state index contributed by atoms with van der Waals surface area (Å²) in [7, 11) is 0. The Kier molecular flexibility index (Phi) is 3.39. The summed E-state index contributed by atoms with van der Waals surface area (Å²) < 4.78 is 0. The van der Waals surface area contributed by atoms with Crippen molar-refractivity contribution in [1.29, 1.82) is 0 Å². The third-order valence-electron chi connectivity index (χ3n) is 4.02. The highest BCUT2D eigenvalue weighted by Crippen LogP contribution is 2.56. The van der Waals surface area contributed by atoms with E-state index in [4.69, 9.17) is 0 Å². The van der Waals surface area contributed by atoms with Crippen LogP contribution in [-0.2, 0) is 0 Å². The van der Waals surface area contributed by atoms with Crippen molar-refractivity contribution in [3.8, 4) is 0 Å². The second-order valence-corrected chi connectivity index (χ2v) is 4.87. The van der Waals surface area contributed by atoms with E-state index in [1.165, 1.54) is 19.3 Å². The zero-order valence-corrected chi connectivity index (χ0v) is 9.51. The van der Waals surface area contributed by atoms with Crippen molar-refractivity contribution in [1.82, 2.24) is 0 Å². The Balaban J connectivity index is 0.000000396. The maximum absolute atomic E-state index is 9.61. The molecular formula is C12H24O. The van der Waals surface area contributed by atoms with Crippen LogP contribution in [0.1, 0.15) is 53.4 Å². The average Bonchev–Trinajstić information content (AvgIpc) is 2.13. The largest absolute Gasteiger partial charge is 0.393 e. The molecule has 1 heteroatoms. The molecule has 1 N–H and O–H groups in total. The molecule has 0 aromatic heterocycles. The first-order valence-corrected chi connectivity index (χ1v) is 5.80. The van der Waals surface area contributed by atoms with Crippen molar-refractivity contribution >= 4 is 0 Å². The molecule has 0 aromatic rings. The van der Waals surface area contributed by atoms with Gasteiger partial charge < -0.3 is 5.11 Å². The van der Waals surface area contributed by atoms with Gasteiger partial charge in [-0.15, -0.1) is 0 Å². The highest BCUT2D eigenvalue weighted by Gasteiger charge is 2.48. The first-order chi connectivity index (χ1) is 6.12. The molecule has 0 aliphatic heterocycles. The molecule has 0 heterocycles. The van der Waals surface area contributed by atoms with Crippen molar-refractivity contribution in [2.24, 2.45) is 17.3 Å². The Labute approximate surface area is 82.5 Å². The van der Waals surface area contributed by atoms with E-state index in [0.717, 1.165) is 12.3 Å². The molecule has 2 aliphatic carbocycles. The molecule has 0 bridgehead atoms. The topological polar surface area (TPSA) is 20.2 Å². The standard InChI is InChI=1S/C10H18O.C2H6/c1-7-6-10(2)4-3-8(10)5-9(7)11;1-2/h7-9,11H,3-6H2,1-2H3;1-2H3/t7?,8?,9?,10-;/m0./s1. The van der Waals surface area contributed by atoms with Gasteiger partial charge in [-0.3, -0.25) is 0 Å². The van der Waals surface area contributed by atoms with Crippen LogP contribution < -0.4 is 0 Å². The fourth-order valence-electron chi connectivity index (χ4n) is 2.91. The average molecular weight is 184 g/mol. The summed E-state index contributed by atoms with van der Waals surface area (Å²) in [6.45, 7) is 8.58. The molecule has 0 spiro atoms. The lowest BCUT2D eigenvalue weighted by atomic mass is 9.52. The predicted octanol–water partition coefficient (Wildman–Crippen LogP) is 3.22. The molecule has 2 saturated carbocycles. The zero-order valence-electron chi connectivity index (χ0n) is 9.51. The third-order valence-corrected chi connectivity index (χ3v) is 4.02. The molecular weight excluding hydrogens is 160 g/mol. The van der Waals surface area contributed by atoms with Gasteiger partial charge in [-0.05, 0) is 42.9 Å². The van der Waals surface area contributed by atoms with Gasteiger partial charge in [0.25, 0.3) is 0 Å². The summed E-state index contributed by atoms with van der Waals surface area (Å²) in [6, 6.07) is 0. The first kappa shape index (κ1) is 11.0. The van der Waals surface area contributed by atoms with Crippen LogP contribution in [0.2, 0.25) is 0 Å². The van der Waals surface area contributed by atoms with E-state index in [9.17, 15) is 5.11 Å². The van der Waals surface area contributed by atoms with Crippen molar-refractivity contribution in [2.45, 2.75) is 59.5 Å². The molecule has 13 heavy (non-hydrogen) atoms. The molecule has 1 nitrogen and oxygen atoms in total. The Morgan fingerprint density at radius 3 is 2.31 bits per heavy atom. The lowest BCUT2D eigenvalue weighted by molar-refractivity contribution is -0.0800. The summed E-state index contributed by atoms with van der Waals surface area (Å²) >= 11 is 0. The van der Waals surface area contributed by atoms with E-state index in [2.05, 4.69) is 13.8 Å². The monoisotopic (exact) mass is 184 g/mol. The smallest absolute Gasteiger partial charge is 0.0568 e. The predicted molar refractivity (Wildman–Crippen MR) is 56.6 cm³/mol. The highest BCUT2D eigenvalue weighted by atomic mass is 16.3. The van der Waals surface area contributed by atoms with Crippen LogP contribution in [-0.4, -0.2) is 11.2 Å². The molecule has 0 saturated heterocycles. The number of fused-ring (bicyclic) bond motifs is 1. The van der Waals surface area contributed by atoms with Gasteiger partial charge in [0.2, 0.25) is 0 Å². The Morgan fingerprint density at radius 1 is 1.31 bits per heavy atom. The maximum atomic E-state index is 9.61. The Morgan fingerprint density at radius 2 is 1.92 bits per heavy atom. The van der Waals surface area contributed by atoms with Gasteiger partial charge in [-0.2, -0.15) is 0 Å². The molecule has 3 unspecified atom stereocenters. The Hall–Kier alpha value is -0.0400. The van der Waals surface area contributed by atoms with Crippen LogP contribution in [0.3, 0.4) is 0 Å². The third kappa shape index (κ3) is 1.90. The quantitative estimate of drug-likeness (QED) is 0.613. The fourth-order valence-corrected chi connectivity index (χ4v) is 2.91. The zero-order chi connectivity index (χ0) is 10.1. The normalized spacial score (nSPS) is 48.2. The minimum absolute atomic E-state index is 0.00613. The second kappa shape index (κ2) is 4.00. The number of rotatable bonds is 0. The van der Waals surface area contributed by atoms with Crippen molar-refractivity contribution in [3.63, 3.8) is 0 Å². The minimum Gasteiger partial charge on any atom is -0.393 e. The lowest BCUT2D eigenvalue weighted by Gasteiger charge is -2.54. The van der Waals surface area contributed by atoms with E-state index >= 15 is 0 Å². The highest BCUT2D eigenvalue weighted by molar-refractivity contribution is 4.98. The van der Waals surface area contributed by atoms with Gasteiger partial charge in [-0.25, -0.2) is 0 Å². The van der Waals surface area contributed by atoms with E-state index in [1.807, 2.05) is 13.8 Å². The molecule has 2 rings (SSSR count). The number of aliphatic hydroxyl groups excluding tert-OH is 1.